The van der Waals surface area contributed by atoms with Crippen molar-refractivity contribution >= 4 is 11.9 Å². The molecule has 0 radical (unpaired) electrons. The SMILES string of the molecule is CC1(C)C=C(C/C=C/c2ccccc2)C(CC(=O)c2ccccc2)C1. The number of hydrogen-bond acceptors (Lipinski definition) is 1. The molecule has 1 unspecified atom stereocenters. The van der Waals surface area contributed by atoms with Crippen molar-refractivity contribution in [2.24, 2.45) is 11.3 Å². The third kappa shape index (κ3) is 4.79. The summed E-state index contributed by atoms with van der Waals surface area (Å²) < 4.78 is 0. The molecule has 25 heavy (non-hydrogen) atoms. The fraction of sp³-hybridized carbons (Fsp3) is 0.292. The Bertz CT molecular complexity index is 766. The van der Waals surface area contributed by atoms with Crippen LogP contribution >= 0.6 is 0 Å². The van der Waals surface area contributed by atoms with E-state index < -0.39 is 0 Å². The van der Waals surface area contributed by atoms with E-state index in [0.717, 1.165) is 18.4 Å². The first-order valence-corrected chi connectivity index (χ1v) is 9.05. The van der Waals surface area contributed by atoms with Crippen LogP contribution in [0.5, 0.6) is 0 Å². The molecule has 2 aromatic carbocycles. The first kappa shape index (κ1) is 17.4. The molecule has 1 aliphatic carbocycles. The van der Waals surface area contributed by atoms with Gasteiger partial charge in [-0.1, -0.05) is 98.3 Å². The third-order valence-electron chi connectivity index (χ3n) is 4.86. The van der Waals surface area contributed by atoms with Crippen LogP contribution in [-0.2, 0) is 0 Å². The molecule has 0 fully saturated rings. The van der Waals surface area contributed by atoms with Crippen LogP contribution in [0.25, 0.3) is 6.08 Å². The maximum Gasteiger partial charge on any atom is 0.163 e. The van der Waals surface area contributed by atoms with Crippen LogP contribution in [0.2, 0.25) is 0 Å². The summed E-state index contributed by atoms with van der Waals surface area (Å²) in [5.41, 5.74) is 3.63. The van der Waals surface area contributed by atoms with Crippen molar-refractivity contribution in [1.29, 1.82) is 0 Å². The Hall–Kier alpha value is -2.41. The minimum Gasteiger partial charge on any atom is -0.294 e. The van der Waals surface area contributed by atoms with Crippen molar-refractivity contribution in [1.82, 2.24) is 0 Å². The van der Waals surface area contributed by atoms with Gasteiger partial charge in [-0.05, 0) is 29.7 Å². The van der Waals surface area contributed by atoms with Crippen molar-refractivity contribution in [2.45, 2.75) is 33.1 Å². The lowest BCUT2D eigenvalue weighted by molar-refractivity contribution is 0.0963. The molecule has 128 valence electrons. The van der Waals surface area contributed by atoms with Gasteiger partial charge >= 0.3 is 0 Å². The van der Waals surface area contributed by atoms with Gasteiger partial charge in [0, 0.05) is 12.0 Å². The standard InChI is InChI=1S/C24H26O/c1-24(2)17-21(15-9-12-19-10-5-3-6-11-19)22(18-24)16-23(25)20-13-7-4-8-14-20/h3-14,17,22H,15-16,18H2,1-2H3/b12-9+. The Balaban J connectivity index is 1.67. The molecule has 1 nitrogen and oxygen atoms in total. The number of allylic oxidation sites excluding steroid dienone is 3. The number of benzene rings is 2. The Morgan fingerprint density at radius 1 is 1.04 bits per heavy atom. The summed E-state index contributed by atoms with van der Waals surface area (Å²) in [5.74, 6) is 0.601. The summed E-state index contributed by atoms with van der Waals surface area (Å²) >= 11 is 0. The molecule has 0 saturated carbocycles. The topological polar surface area (TPSA) is 17.1 Å². The van der Waals surface area contributed by atoms with Gasteiger partial charge in [-0.25, -0.2) is 0 Å². The van der Waals surface area contributed by atoms with Crippen molar-refractivity contribution in [3.8, 4) is 0 Å². The molecule has 0 spiro atoms. The van der Waals surface area contributed by atoms with Gasteiger partial charge < -0.3 is 0 Å². The Morgan fingerprint density at radius 2 is 1.68 bits per heavy atom. The predicted molar refractivity (Wildman–Crippen MR) is 105 cm³/mol. The molecule has 0 N–H and O–H groups in total. The lowest BCUT2D eigenvalue weighted by atomic mass is 9.86. The van der Waals surface area contributed by atoms with Crippen molar-refractivity contribution in [3.05, 3.63) is 89.5 Å². The normalized spacial score (nSPS) is 19.1. The first-order chi connectivity index (χ1) is 12.0. The minimum atomic E-state index is 0.178. The molecule has 0 heterocycles. The summed E-state index contributed by atoms with van der Waals surface area (Å²) in [4.78, 5) is 12.6. The van der Waals surface area contributed by atoms with E-state index in [1.54, 1.807) is 0 Å². The molecule has 0 bridgehead atoms. The van der Waals surface area contributed by atoms with Crippen molar-refractivity contribution in [3.63, 3.8) is 0 Å². The largest absolute Gasteiger partial charge is 0.294 e. The van der Waals surface area contributed by atoms with Gasteiger partial charge in [0.05, 0.1) is 0 Å². The molecule has 0 saturated heterocycles. The zero-order valence-electron chi connectivity index (χ0n) is 15.1. The number of hydrogen-bond donors (Lipinski definition) is 0. The van der Waals surface area contributed by atoms with Crippen LogP contribution in [0.15, 0.2) is 78.4 Å². The van der Waals surface area contributed by atoms with Crippen LogP contribution in [0.1, 0.15) is 49.0 Å². The Kier molecular flexibility index (Phi) is 5.33. The van der Waals surface area contributed by atoms with Gasteiger partial charge in [0.1, 0.15) is 0 Å². The van der Waals surface area contributed by atoms with E-state index >= 15 is 0 Å². The van der Waals surface area contributed by atoms with Gasteiger partial charge in [-0.3, -0.25) is 4.79 Å². The lowest BCUT2D eigenvalue weighted by Gasteiger charge is -2.18. The average molecular weight is 330 g/mol. The number of carbonyl (C=O) groups excluding carboxylic acids is 1. The van der Waals surface area contributed by atoms with E-state index in [-0.39, 0.29) is 11.2 Å². The highest BCUT2D eigenvalue weighted by Crippen LogP contribution is 2.43. The van der Waals surface area contributed by atoms with Crippen LogP contribution in [0.4, 0.5) is 0 Å². The summed E-state index contributed by atoms with van der Waals surface area (Å²) in [6.45, 7) is 4.53. The molecule has 0 amide bonds. The zero-order valence-corrected chi connectivity index (χ0v) is 15.1. The molecule has 2 aromatic rings. The molecule has 3 rings (SSSR count). The molecule has 1 atom stereocenters. The second-order valence-corrected chi connectivity index (χ2v) is 7.62. The summed E-state index contributed by atoms with van der Waals surface area (Å²) in [6.07, 6.45) is 9.36. The lowest BCUT2D eigenvalue weighted by Crippen LogP contribution is -2.12. The number of carbonyl (C=O) groups is 1. The maximum absolute atomic E-state index is 12.6. The van der Waals surface area contributed by atoms with Gasteiger partial charge in [0.15, 0.2) is 5.78 Å². The summed E-state index contributed by atoms with van der Waals surface area (Å²) in [6, 6.07) is 20.0. The van der Waals surface area contributed by atoms with Gasteiger partial charge in [-0.2, -0.15) is 0 Å². The van der Waals surface area contributed by atoms with E-state index in [9.17, 15) is 4.79 Å². The van der Waals surface area contributed by atoms with Gasteiger partial charge in [-0.15, -0.1) is 0 Å². The molecule has 1 heteroatoms. The van der Waals surface area contributed by atoms with Crippen LogP contribution in [0, 0.1) is 11.3 Å². The Labute approximate surface area is 151 Å². The zero-order chi connectivity index (χ0) is 17.7. The average Bonchev–Trinajstić information content (AvgIpc) is 2.90. The highest BCUT2D eigenvalue weighted by atomic mass is 16.1. The monoisotopic (exact) mass is 330 g/mol. The number of ketones is 1. The minimum absolute atomic E-state index is 0.178. The second kappa shape index (κ2) is 7.65. The molecular weight excluding hydrogens is 304 g/mol. The molecule has 0 aromatic heterocycles. The summed E-state index contributed by atoms with van der Waals surface area (Å²) in [7, 11) is 0. The number of rotatable bonds is 6. The Morgan fingerprint density at radius 3 is 2.36 bits per heavy atom. The number of Topliss-reactive ketones (excluding diaryl/α,β-unsaturated/α-hetero) is 1. The highest BCUT2D eigenvalue weighted by molar-refractivity contribution is 5.96. The van der Waals surface area contributed by atoms with E-state index in [0.29, 0.717) is 12.3 Å². The van der Waals surface area contributed by atoms with E-state index in [4.69, 9.17) is 0 Å². The predicted octanol–water partition coefficient (Wildman–Crippen LogP) is 6.34. The van der Waals surface area contributed by atoms with Crippen molar-refractivity contribution < 1.29 is 4.79 Å². The van der Waals surface area contributed by atoms with E-state index in [1.807, 2.05) is 36.4 Å². The fourth-order valence-corrected chi connectivity index (χ4v) is 3.73. The summed E-state index contributed by atoms with van der Waals surface area (Å²) in [5, 5.41) is 0. The molecule has 1 aliphatic rings. The molecule has 0 aliphatic heterocycles. The third-order valence-corrected chi connectivity index (χ3v) is 4.86. The van der Waals surface area contributed by atoms with Gasteiger partial charge in [0.25, 0.3) is 0 Å². The van der Waals surface area contributed by atoms with Crippen molar-refractivity contribution in [2.75, 3.05) is 0 Å². The van der Waals surface area contributed by atoms with Crippen LogP contribution in [-0.4, -0.2) is 5.78 Å². The smallest absolute Gasteiger partial charge is 0.163 e. The highest BCUT2D eigenvalue weighted by Gasteiger charge is 2.32. The second-order valence-electron chi connectivity index (χ2n) is 7.62. The fourth-order valence-electron chi connectivity index (χ4n) is 3.73. The van der Waals surface area contributed by atoms with Crippen LogP contribution in [0.3, 0.4) is 0 Å². The quantitative estimate of drug-likeness (QED) is 0.446. The maximum atomic E-state index is 12.6. The first-order valence-electron chi connectivity index (χ1n) is 9.05. The van der Waals surface area contributed by atoms with E-state index in [2.05, 4.69) is 56.3 Å². The van der Waals surface area contributed by atoms with Crippen LogP contribution < -0.4 is 0 Å². The van der Waals surface area contributed by atoms with E-state index in [1.165, 1.54) is 11.1 Å². The van der Waals surface area contributed by atoms with Gasteiger partial charge in [0.2, 0.25) is 0 Å². The molecular formula is C24H26O.